The highest BCUT2D eigenvalue weighted by Crippen LogP contribution is 2.62. The van der Waals surface area contributed by atoms with Gasteiger partial charge in [-0.3, -0.25) is 0 Å². The number of fused-ring (bicyclic) bond motifs is 12. The summed E-state index contributed by atoms with van der Waals surface area (Å²) in [5, 5.41) is 0. The molecule has 12 rings (SSSR count). The average Bonchev–Trinajstić information content (AvgIpc) is 3.50. The summed E-state index contributed by atoms with van der Waals surface area (Å²) in [4.78, 5) is 10.2. The number of para-hydroxylation sites is 3. The summed E-state index contributed by atoms with van der Waals surface area (Å²) in [5.41, 5.74) is 22.9. The maximum Gasteiger partial charge on any atom is 0.0726 e. The molecule has 7 aromatic rings. The quantitative estimate of drug-likeness (QED) is 0.172. The molecule has 0 saturated heterocycles. The third-order valence-corrected chi connectivity index (χ3v) is 15.8. The number of thioether (sulfide) groups is 1. The molecule has 0 atom stereocenters. The highest BCUT2D eigenvalue weighted by atomic mass is 32.2. The van der Waals surface area contributed by atoms with Gasteiger partial charge in [-0.05, 0) is 168 Å². The van der Waals surface area contributed by atoms with Crippen LogP contribution in [-0.4, -0.2) is 0 Å². The van der Waals surface area contributed by atoms with Crippen molar-refractivity contribution in [1.82, 2.24) is 0 Å². The predicted molar refractivity (Wildman–Crippen MR) is 250 cm³/mol. The van der Waals surface area contributed by atoms with Crippen LogP contribution < -0.4 is 9.80 Å². The minimum Gasteiger partial charge on any atom is -0.312 e. The van der Waals surface area contributed by atoms with E-state index in [2.05, 4.69) is 195 Å². The van der Waals surface area contributed by atoms with Crippen LogP contribution in [0.15, 0.2) is 171 Å². The van der Waals surface area contributed by atoms with E-state index in [-0.39, 0.29) is 0 Å². The number of hydrogen-bond donors (Lipinski definition) is 0. The first-order chi connectivity index (χ1) is 28.9. The van der Waals surface area contributed by atoms with E-state index >= 15 is 0 Å². The fourth-order valence-electron chi connectivity index (χ4n) is 10.5. The van der Waals surface area contributed by atoms with E-state index in [1.807, 2.05) is 23.5 Å². The lowest BCUT2D eigenvalue weighted by atomic mass is 9.65. The number of nitrogens with zero attached hydrogens (tertiary/aromatic N) is 2. The molecule has 0 bridgehead atoms. The molecule has 0 unspecified atom stereocenters. The second-order valence-corrected chi connectivity index (χ2v) is 18.7. The molecule has 2 aliphatic heterocycles. The standard InChI is InChI=1S/C55H42N2S2/c1-33-21-29-41-53(35(33)3)54-36(4)34(2)22-30-42(54)55(41)43-31-39(56-45-13-5-9-17-49(45)58-50-18-10-6-14-46(50)56)27-25-37(43)23-24-38-26-28-40(32-44(38)55)57-47-15-7-11-19-51(47)59-52-20-12-8-16-48(52)57/h5-7,9-15,17-32H,8,16H2,1-4H3. The van der Waals surface area contributed by atoms with Crippen molar-refractivity contribution in [3.8, 4) is 11.1 Å². The topological polar surface area (TPSA) is 6.48 Å². The first-order valence-electron chi connectivity index (χ1n) is 20.7. The number of anilines is 5. The Hall–Kier alpha value is -5.94. The van der Waals surface area contributed by atoms with E-state index in [1.54, 1.807) is 0 Å². The Balaban J connectivity index is 1.19. The molecule has 2 heterocycles. The van der Waals surface area contributed by atoms with Crippen molar-refractivity contribution >= 4 is 64.1 Å². The Morgan fingerprint density at radius 2 is 0.966 bits per heavy atom. The Morgan fingerprint density at radius 3 is 1.53 bits per heavy atom. The molecule has 7 aromatic carbocycles. The van der Waals surface area contributed by atoms with Crippen molar-refractivity contribution < 1.29 is 0 Å². The fraction of sp³-hybridized carbons (Fsp3) is 0.127. The second kappa shape index (κ2) is 13.0. The van der Waals surface area contributed by atoms with Gasteiger partial charge in [-0.2, -0.15) is 0 Å². The van der Waals surface area contributed by atoms with Gasteiger partial charge in [0.2, 0.25) is 0 Å². The van der Waals surface area contributed by atoms with Crippen LogP contribution in [0.2, 0.25) is 0 Å². The summed E-state index contributed by atoms with van der Waals surface area (Å²) >= 11 is 3.77. The molecule has 5 aliphatic rings. The predicted octanol–water partition coefficient (Wildman–Crippen LogP) is 15.5. The Morgan fingerprint density at radius 1 is 0.475 bits per heavy atom. The van der Waals surface area contributed by atoms with Gasteiger partial charge in [0.05, 0.1) is 22.5 Å². The summed E-state index contributed by atoms with van der Waals surface area (Å²) in [5.74, 6) is 0. The Kier molecular flexibility index (Phi) is 7.74. The zero-order chi connectivity index (χ0) is 39.6. The third kappa shape index (κ3) is 4.91. The lowest BCUT2D eigenvalue weighted by Gasteiger charge is -2.39. The van der Waals surface area contributed by atoms with Gasteiger partial charge in [-0.1, -0.05) is 121 Å². The van der Waals surface area contributed by atoms with Gasteiger partial charge in [-0.15, -0.1) is 0 Å². The summed E-state index contributed by atoms with van der Waals surface area (Å²) in [6, 6.07) is 50.9. The molecule has 0 N–H and O–H groups in total. The normalized spacial score (nSPS) is 16.1. The molecule has 3 aliphatic carbocycles. The number of allylic oxidation sites excluding steroid dienone is 3. The first kappa shape index (κ1) is 35.0. The van der Waals surface area contributed by atoms with Crippen molar-refractivity contribution in [2.45, 2.75) is 60.6 Å². The minimum absolute atomic E-state index is 0.598. The van der Waals surface area contributed by atoms with Crippen LogP contribution in [0.5, 0.6) is 0 Å². The van der Waals surface area contributed by atoms with Gasteiger partial charge in [0.1, 0.15) is 0 Å². The number of aryl methyl sites for hydroxylation is 2. The van der Waals surface area contributed by atoms with Crippen LogP contribution in [0.1, 0.15) is 68.5 Å². The molecule has 0 amide bonds. The zero-order valence-electron chi connectivity index (χ0n) is 33.6. The van der Waals surface area contributed by atoms with E-state index < -0.39 is 5.41 Å². The second-order valence-electron chi connectivity index (χ2n) is 16.5. The summed E-state index contributed by atoms with van der Waals surface area (Å²) in [7, 11) is 0. The van der Waals surface area contributed by atoms with Gasteiger partial charge < -0.3 is 9.80 Å². The van der Waals surface area contributed by atoms with Gasteiger partial charge in [0.15, 0.2) is 0 Å². The Labute approximate surface area is 355 Å². The first-order valence-corrected chi connectivity index (χ1v) is 22.4. The SMILES string of the molecule is Cc1ccc2c(c1C)-c1c(ccc(C)c1C)C21c2cc(N3C4=C(C=CCC4)Sc4ccccc43)ccc2C=Cc2ccc(N3c4ccccc4Sc4ccccc43)cc21. The maximum absolute atomic E-state index is 2.57. The smallest absolute Gasteiger partial charge is 0.0726 e. The number of hydrogen-bond acceptors (Lipinski definition) is 4. The van der Waals surface area contributed by atoms with Gasteiger partial charge >= 0.3 is 0 Å². The molecule has 1 spiro atoms. The van der Waals surface area contributed by atoms with Crippen LogP contribution in [0.4, 0.5) is 28.4 Å². The fourth-order valence-corrected chi connectivity index (χ4v) is 12.7. The molecule has 0 aromatic heterocycles. The monoisotopic (exact) mass is 794 g/mol. The molecule has 0 radical (unpaired) electrons. The van der Waals surface area contributed by atoms with E-state index in [9.17, 15) is 0 Å². The Bertz CT molecular complexity index is 2970. The lowest BCUT2D eigenvalue weighted by Crippen LogP contribution is -2.31. The minimum atomic E-state index is -0.598. The summed E-state index contributed by atoms with van der Waals surface area (Å²) in [6.07, 6.45) is 11.5. The molecular weight excluding hydrogens is 753 g/mol. The molecular formula is C55H42N2S2. The molecule has 284 valence electrons. The largest absolute Gasteiger partial charge is 0.312 e. The van der Waals surface area contributed by atoms with Crippen molar-refractivity contribution in [2.75, 3.05) is 9.80 Å². The maximum atomic E-state index is 2.57. The van der Waals surface area contributed by atoms with E-state index in [0.717, 1.165) is 12.8 Å². The molecule has 59 heavy (non-hydrogen) atoms. The highest BCUT2D eigenvalue weighted by molar-refractivity contribution is 8.03. The lowest BCUT2D eigenvalue weighted by molar-refractivity contribution is 0.764. The van der Waals surface area contributed by atoms with Crippen LogP contribution in [0.3, 0.4) is 0 Å². The van der Waals surface area contributed by atoms with Gasteiger partial charge in [-0.25, -0.2) is 0 Å². The molecule has 2 nitrogen and oxygen atoms in total. The van der Waals surface area contributed by atoms with E-state index in [1.165, 1.54) is 120 Å². The molecule has 4 heteroatoms. The molecule has 0 saturated carbocycles. The van der Waals surface area contributed by atoms with Crippen LogP contribution in [-0.2, 0) is 5.41 Å². The van der Waals surface area contributed by atoms with Crippen molar-refractivity contribution in [2.24, 2.45) is 0 Å². The van der Waals surface area contributed by atoms with Crippen molar-refractivity contribution in [3.63, 3.8) is 0 Å². The van der Waals surface area contributed by atoms with Crippen molar-refractivity contribution in [3.05, 3.63) is 212 Å². The zero-order valence-corrected chi connectivity index (χ0v) is 35.3. The van der Waals surface area contributed by atoms with Gasteiger partial charge in [0.25, 0.3) is 0 Å². The van der Waals surface area contributed by atoms with Crippen molar-refractivity contribution in [1.29, 1.82) is 0 Å². The van der Waals surface area contributed by atoms with E-state index in [0.29, 0.717) is 0 Å². The number of rotatable bonds is 2. The summed E-state index contributed by atoms with van der Waals surface area (Å²) in [6.45, 7) is 9.23. The average molecular weight is 795 g/mol. The summed E-state index contributed by atoms with van der Waals surface area (Å²) < 4.78 is 0. The number of benzene rings is 7. The van der Waals surface area contributed by atoms with E-state index in [4.69, 9.17) is 0 Å². The highest BCUT2D eigenvalue weighted by Gasteiger charge is 2.50. The molecule has 0 fully saturated rings. The van der Waals surface area contributed by atoms with Crippen LogP contribution >= 0.6 is 23.5 Å². The van der Waals surface area contributed by atoms with Crippen LogP contribution in [0, 0.1) is 27.7 Å². The van der Waals surface area contributed by atoms with Crippen LogP contribution in [0.25, 0.3) is 23.3 Å². The van der Waals surface area contributed by atoms with Gasteiger partial charge in [0, 0.05) is 36.7 Å². The third-order valence-electron chi connectivity index (χ3n) is 13.5.